The fraction of sp³-hybridized carbons (Fsp3) is 0.375. The van der Waals surface area contributed by atoms with Crippen LogP contribution in [0.4, 0.5) is 4.39 Å². The summed E-state index contributed by atoms with van der Waals surface area (Å²) in [6, 6.07) is 13.9. The summed E-state index contributed by atoms with van der Waals surface area (Å²) in [5.41, 5.74) is 3.56. The van der Waals surface area contributed by atoms with Crippen LogP contribution in [-0.4, -0.2) is 44.9 Å². The molecule has 2 aliphatic rings. The zero-order valence-corrected chi connectivity index (χ0v) is 19.6. The highest BCUT2D eigenvalue weighted by molar-refractivity contribution is 5.86. The molecule has 6 nitrogen and oxygen atoms in total. The van der Waals surface area contributed by atoms with Crippen LogP contribution in [0.25, 0.3) is 28.1 Å². The molecule has 3 aromatic heterocycles. The molecule has 4 heterocycles. The van der Waals surface area contributed by atoms with E-state index in [0.29, 0.717) is 36.9 Å². The predicted molar refractivity (Wildman–Crippen MR) is 132 cm³/mol. The van der Waals surface area contributed by atoms with Crippen LogP contribution in [0.15, 0.2) is 48.7 Å². The van der Waals surface area contributed by atoms with Crippen molar-refractivity contribution in [3.05, 3.63) is 54.2 Å². The molecule has 2 unspecified atom stereocenters. The largest absolute Gasteiger partial charge is 0.485 e. The molecule has 2 fully saturated rings. The van der Waals surface area contributed by atoms with Crippen LogP contribution in [-0.2, 0) is 0 Å². The maximum absolute atomic E-state index is 14.6. The minimum absolute atomic E-state index is 0. The first-order chi connectivity index (χ1) is 15.3. The summed E-state index contributed by atoms with van der Waals surface area (Å²) in [7, 11) is 0. The first-order valence-corrected chi connectivity index (χ1v) is 11.0. The van der Waals surface area contributed by atoms with Crippen LogP contribution in [0.5, 0.6) is 5.75 Å². The number of para-hydroxylation sites is 1. The van der Waals surface area contributed by atoms with Crippen molar-refractivity contribution < 1.29 is 9.13 Å². The molecule has 0 bridgehead atoms. The van der Waals surface area contributed by atoms with Gasteiger partial charge in [0.05, 0.1) is 0 Å². The Bertz CT molecular complexity index is 1260. The van der Waals surface area contributed by atoms with E-state index in [1.54, 1.807) is 0 Å². The van der Waals surface area contributed by atoms with Gasteiger partial charge in [-0.15, -0.1) is 35.0 Å². The van der Waals surface area contributed by atoms with Gasteiger partial charge in [0.2, 0.25) is 0 Å². The summed E-state index contributed by atoms with van der Waals surface area (Å²) in [4.78, 5) is 4.89. The quantitative estimate of drug-likeness (QED) is 0.430. The molecule has 33 heavy (non-hydrogen) atoms. The van der Waals surface area contributed by atoms with Crippen molar-refractivity contribution in [3.8, 4) is 17.3 Å². The van der Waals surface area contributed by atoms with Crippen LogP contribution in [0.1, 0.15) is 37.2 Å². The van der Waals surface area contributed by atoms with E-state index >= 15 is 0 Å². The molecule has 1 N–H and O–H groups in total. The van der Waals surface area contributed by atoms with Gasteiger partial charge in [0, 0.05) is 11.6 Å². The minimum Gasteiger partial charge on any atom is -0.485 e. The molecule has 6 rings (SSSR count). The second kappa shape index (κ2) is 9.79. The van der Waals surface area contributed by atoms with Crippen molar-refractivity contribution in [2.45, 2.75) is 43.9 Å². The second-order valence-corrected chi connectivity index (χ2v) is 8.51. The molecule has 1 aromatic carbocycles. The Morgan fingerprint density at radius 2 is 1.79 bits per heavy atom. The van der Waals surface area contributed by atoms with Crippen molar-refractivity contribution in [1.82, 2.24) is 24.9 Å². The number of hydrogen-bond donors (Lipinski definition) is 1. The lowest BCUT2D eigenvalue weighted by Gasteiger charge is -2.21. The lowest BCUT2D eigenvalue weighted by atomic mass is 10.1. The molecule has 0 spiro atoms. The normalized spacial score (nSPS) is 20.6. The van der Waals surface area contributed by atoms with E-state index in [2.05, 4.69) is 27.8 Å². The molecule has 1 aliphatic heterocycles. The van der Waals surface area contributed by atoms with Gasteiger partial charge < -0.3 is 10.1 Å². The van der Waals surface area contributed by atoms with E-state index in [0.717, 1.165) is 28.8 Å². The average molecular weight is 490 g/mol. The van der Waals surface area contributed by atoms with Crippen LogP contribution >= 0.6 is 24.8 Å². The van der Waals surface area contributed by atoms with Gasteiger partial charge in [0.1, 0.15) is 29.2 Å². The topological polar surface area (TPSA) is 64.3 Å². The SMILES string of the molecule is Cl.Cl.FC1CCNCCC1Oc1cccc2ccc(-c3nnc4ccc(C5CC5)cn34)nc12. The van der Waals surface area contributed by atoms with Crippen molar-refractivity contribution in [3.63, 3.8) is 0 Å². The van der Waals surface area contributed by atoms with Crippen molar-refractivity contribution >= 4 is 41.4 Å². The number of nitrogens with one attached hydrogen (secondary N) is 1. The molecular formula is C24H26Cl2FN5O. The number of hydrogen-bond acceptors (Lipinski definition) is 5. The summed E-state index contributed by atoms with van der Waals surface area (Å²) in [5.74, 6) is 1.96. The van der Waals surface area contributed by atoms with Crippen molar-refractivity contribution in [1.29, 1.82) is 0 Å². The van der Waals surface area contributed by atoms with E-state index < -0.39 is 12.3 Å². The maximum atomic E-state index is 14.6. The van der Waals surface area contributed by atoms with E-state index in [4.69, 9.17) is 9.72 Å². The Morgan fingerprint density at radius 3 is 2.64 bits per heavy atom. The monoisotopic (exact) mass is 489 g/mol. The van der Waals surface area contributed by atoms with Gasteiger partial charge in [0.25, 0.3) is 0 Å². The first-order valence-electron chi connectivity index (χ1n) is 11.0. The number of benzene rings is 1. The highest BCUT2D eigenvalue weighted by Crippen LogP contribution is 2.40. The smallest absolute Gasteiger partial charge is 0.187 e. The molecule has 1 saturated carbocycles. The minimum atomic E-state index is -0.991. The van der Waals surface area contributed by atoms with Crippen LogP contribution < -0.4 is 10.1 Å². The second-order valence-electron chi connectivity index (χ2n) is 8.51. The molecule has 0 radical (unpaired) electrons. The summed E-state index contributed by atoms with van der Waals surface area (Å²) < 4.78 is 22.7. The molecule has 9 heteroatoms. The number of pyridine rings is 2. The van der Waals surface area contributed by atoms with Gasteiger partial charge in [-0.1, -0.05) is 24.3 Å². The van der Waals surface area contributed by atoms with Gasteiger partial charge >= 0.3 is 0 Å². The third-order valence-electron chi connectivity index (χ3n) is 6.27. The summed E-state index contributed by atoms with van der Waals surface area (Å²) in [6.45, 7) is 1.44. The standard InChI is InChI=1S/C24H24FN5O.2ClH/c25-18-10-12-26-13-11-20(18)31-21-3-1-2-16-6-8-19(27-23(16)21)24-29-28-22-9-7-17(14-30(22)24)15-4-5-15;;/h1-3,6-9,14-15,18,20,26H,4-5,10-13H2;2*1H. The van der Waals surface area contributed by atoms with Crippen LogP contribution in [0, 0.1) is 0 Å². The fourth-order valence-electron chi connectivity index (χ4n) is 4.35. The predicted octanol–water partition coefficient (Wildman–Crippen LogP) is 5.13. The number of ether oxygens (including phenoxy) is 1. The molecule has 1 saturated heterocycles. The molecule has 4 aromatic rings. The van der Waals surface area contributed by atoms with E-state index in [1.807, 2.05) is 40.8 Å². The third kappa shape index (κ3) is 4.63. The number of alkyl halides is 1. The fourth-order valence-corrected chi connectivity index (χ4v) is 4.35. The molecule has 174 valence electrons. The lowest BCUT2D eigenvalue weighted by Crippen LogP contribution is -2.28. The number of halogens is 3. The summed E-state index contributed by atoms with van der Waals surface area (Å²) in [6.07, 6.45) is 4.24. The Morgan fingerprint density at radius 1 is 0.939 bits per heavy atom. The van der Waals surface area contributed by atoms with Gasteiger partial charge in [-0.2, -0.15) is 0 Å². The van der Waals surface area contributed by atoms with E-state index in [-0.39, 0.29) is 24.8 Å². The Hall–Kier alpha value is -2.48. The van der Waals surface area contributed by atoms with E-state index in [1.165, 1.54) is 18.4 Å². The third-order valence-corrected chi connectivity index (χ3v) is 6.27. The van der Waals surface area contributed by atoms with Crippen LogP contribution in [0.2, 0.25) is 0 Å². The van der Waals surface area contributed by atoms with Crippen molar-refractivity contribution in [2.24, 2.45) is 0 Å². The van der Waals surface area contributed by atoms with Gasteiger partial charge in [0.15, 0.2) is 11.5 Å². The zero-order chi connectivity index (χ0) is 20.8. The Balaban J connectivity index is 0.00000130. The van der Waals surface area contributed by atoms with Crippen LogP contribution in [0.3, 0.4) is 0 Å². The highest BCUT2D eigenvalue weighted by atomic mass is 35.5. The van der Waals surface area contributed by atoms with Gasteiger partial charge in [-0.05, 0) is 68.5 Å². The maximum Gasteiger partial charge on any atom is 0.187 e. The number of rotatable bonds is 4. The number of aromatic nitrogens is 4. The average Bonchev–Trinajstić information content (AvgIpc) is 3.59. The molecular weight excluding hydrogens is 464 g/mol. The number of fused-ring (bicyclic) bond motifs is 2. The van der Waals surface area contributed by atoms with Gasteiger partial charge in [-0.25, -0.2) is 9.37 Å². The molecule has 2 atom stereocenters. The summed E-state index contributed by atoms with van der Waals surface area (Å²) in [5, 5.41) is 12.9. The highest BCUT2D eigenvalue weighted by Gasteiger charge is 2.26. The Labute approximate surface area is 203 Å². The van der Waals surface area contributed by atoms with E-state index in [9.17, 15) is 4.39 Å². The summed E-state index contributed by atoms with van der Waals surface area (Å²) >= 11 is 0. The Kier molecular flexibility index (Phi) is 7.02. The molecule has 0 amide bonds. The lowest BCUT2D eigenvalue weighted by molar-refractivity contribution is 0.0983. The van der Waals surface area contributed by atoms with Gasteiger partial charge in [-0.3, -0.25) is 4.40 Å². The first kappa shape index (κ1) is 23.7. The molecule has 1 aliphatic carbocycles. The zero-order valence-electron chi connectivity index (χ0n) is 18.0. The van der Waals surface area contributed by atoms with Crippen molar-refractivity contribution in [2.75, 3.05) is 13.1 Å². The number of nitrogens with zero attached hydrogens (tertiary/aromatic N) is 4.